The Morgan fingerprint density at radius 2 is 1.71 bits per heavy atom. The first kappa shape index (κ1) is 14.2. The summed E-state index contributed by atoms with van der Waals surface area (Å²) in [4.78, 5) is 0. The molecule has 0 aliphatic heterocycles. The standard InChI is InChI=1S/C19H23NO/c1-13-12-17(10-11-18(13)21-2)19(20)16-8-6-15(7-9-16)14-4-3-5-14/h6-12,14,19H,3-5,20H2,1-2H3. The molecule has 2 aromatic rings. The fourth-order valence-corrected chi connectivity index (χ4v) is 3.00. The number of rotatable bonds is 4. The molecule has 2 aromatic carbocycles. The lowest BCUT2D eigenvalue weighted by molar-refractivity contribution is 0.411. The molecule has 0 radical (unpaired) electrons. The molecule has 0 bridgehead atoms. The molecule has 1 unspecified atom stereocenters. The first-order valence-corrected chi connectivity index (χ1v) is 7.69. The van der Waals surface area contributed by atoms with E-state index in [9.17, 15) is 0 Å². The van der Waals surface area contributed by atoms with Crippen LogP contribution in [-0.2, 0) is 0 Å². The number of hydrogen-bond donors (Lipinski definition) is 1. The van der Waals surface area contributed by atoms with Crippen molar-refractivity contribution in [2.24, 2.45) is 5.73 Å². The van der Waals surface area contributed by atoms with Crippen LogP contribution in [0.1, 0.15) is 53.5 Å². The topological polar surface area (TPSA) is 35.2 Å². The van der Waals surface area contributed by atoms with Gasteiger partial charge in [0.05, 0.1) is 13.2 Å². The number of aryl methyl sites for hydroxylation is 1. The first-order valence-electron chi connectivity index (χ1n) is 7.69. The van der Waals surface area contributed by atoms with Crippen LogP contribution in [-0.4, -0.2) is 7.11 Å². The number of hydrogen-bond acceptors (Lipinski definition) is 2. The molecular formula is C19H23NO. The van der Waals surface area contributed by atoms with E-state index < -0.39 is 0 Å². The fraction of sp³-hybridized carbons (Fsp3) is 0.368. The van der Waals surface area contributed by atoms with Gasteiger partial charge in [-0.3, -0.25) is 0 Å². The Morgan fingerprint density at radius 1 is 1.05 bits per heavy atom. The van der Waals surface area contributed by atoms with Crippen molar-refractivity contribution in [3.05, 3.63) is 64.7 Å². The summed E-state index contributed by atoms with van der Waals surface area (Å²) in [6, 6.07) is 14.9. The molecule has 2 heteroatoms. The second kappa shape index (κ2) is 5.90. The van der Waals surface area contributed by atoms with Crippen molar-refractivity contribution in [3.8, 4) is 5.75 Å². The van der Waals surface area contributed by atoms with Crippen LogP contribution in [0.25, 0.3) is 0 Å². The van der Waals surface area contributed by atoms with Gasteiger partial charge in [-0.1, -0.05) is 42.8 Å². The van der Waals surface area contributed by atoms with Crippen molar-refractivity contribution in [2.45, 2.75) is 38.1 Å². The minimum absolute atomic E-state index is 0.0787. The minimum Gasteiger partial charge on any atom is -0.496 e. The summed E-state index contributed by atoms with van der Waals surface area (Å²) >= 11 is 0. The molecule has 1 aliphatic rings. The van der Waals surface area contributed by atoms with E-state index in [4.69, 9.17) is 10.5 Å². The van der Waals surface area contributed by atoms with E-state index in [1.807, 2.05) is 6.07 Å². The monoisotopic (exact) mass is 281 g/mol. The summed E-state index contributed by atoms with van der Waals surface area (Å²) < 4.78 is 5.31. The normalized spacial score (nSPS) is 16.3. The Balaban J connectivity index is 1.80. The number of benzene rings is 2. The Bertz CT molecular complexity index is 614. The van der Waals surface area contributed by atoms with Gasteiger partial charge in [-0.2, -0.15) is 0 Å². The van der Waals surface area contributed by atoms with E-state index in [2.05, 4.69) is 43.3 Å². The predicted molar refractivity (Wildman–Crippen MR) is 86.8 cm³/mol. The fourth-order valence-electron chi connectivity index (χ4n) is 3.00. The highest BCUT2D eigenvalue weighted by atomic mass is 16.5. The molecule has 1 atom stereocenters. The summed E-state index contributed by atoms with van der Waals surface area (Å²) in [6.07, 6.45) is 4.04. The largest absolute Gasteiger partial charge is 0.496 e. The third kappa shape index (κ3) is 2.81. The van der Waals surface area contributed by atoms with E-state index in [0.29, 0.717) is 0 Å². The highest BCUT2D eigenvalue weighted by molar-refractivity contribution is 5.41. The van der Waals surface area contributed by atoms with Crippen molar-refractivity contribution in [3.63, 3.8) is 0 Å². The van der Waals surface area contributed by atoms with Crippen LogP contribution in [0.5, 0.6) is 5.75 Å². The van der Waals surface area contributed by atoms with Crippen molar-refractivity contribution in [1.29, 1.82) is 0 Å². The highest BCUT2D eigenvalue weighted by Gasteiger charge is 2.19. The SMILES string of the molecule is COc1ccc(C(N)c2ccc(C3CCC3)cc2)cc1C. The maximum absolute atomic E-state index is 6.41. The lowest BCUT2D eigenvalue weighted by atomic mass is 9.79. The zero-order valence-corrected chi connectivity index (χ0v) is 12.8. The summed E-state index contributed by atoms with van der Waals surface area (Å²) in [7, 11) is 1.70. The molecule has 21 heavy (non-hydrogen) atoms. The van der Waals surface area contributed by atoms with E-state index in [1.165, 1.54) is 30.4 Å². The zero-order chi connectivity index (χ0) is 14.8. The van der Waals surface area contributed by atoms with Gasteiger partial charge in [0.2, 0.25) is 0 Å². The van der Waals surface area contributed by atoms with Gasteiger partial charge in [-0.25, -0.2) is 0 Å². The quantitative estimate of drug-likeness (QED) is 0.906. The summed E-state index contributed by atoms with van der Waals surface area (Å²) in [5.41, 5.74) is 11.3. The molecule has 110 valence electrons. The van der Waals surface area contributed by atoms with Crippen LogP contribution in [0, 0.1) is 6.92 Å². The second-order valence-electron chi connectivity index (χ2n) is 6.00. The summed E-state index contributed by atoms with van der Waals surface area (Å²) in [5, 5.41) is 0. The van der Waals surface area contributed by atoms with Crippen LogP contribution < -0.4 is 10.5 Å². The van der Waals surface area contributed by atoms with Gasteiger partial charge in [0.1, 0.15) is 5.75 Å². The molecule has 3 rings (SSSR count). The van der Waals surface area contributed by atoms with E-state index in [1.54, 1.807) is 7.11 Å². The average molecular weight is 281 g/mol. The lowest BCUT2D eigenvalue weighted by Gasteiger charge is -2.26. The van der Waals surface area contributed by atoms with E-state index >= 15 is 0 Å². The first-order chi connectivity index (χ1) is 10.2. The Hall–Kier alpha value is -1.80. The second-order valence-corrected chi connectivity index (χ2v) is 6.00. The molecule has 1 aliphatic carbocycles. The molecule has 1 fully saturated rings. The maximum atomic E-state index is 6.41. The van der Waals surface area contributed by atoms with Crippen LogP contribution in [0.2, 0.25) is 0 Å². The van der Waals surface area contributed by atoms with Crippen LogP contribution in [0.3, 0.4) is 0 Å². The Morgan fingerprint density at radius 3 is 2.24 bits per heavy atom. The number of methoxy groups -OCH3 is 1. The van der Waals surface area contributed by atoms with E-state index in [-0.39, 0.29) is 6.04 Å². The molecule has 0 amide bonds. The smallest absolute Gasteiger partial charge is 0.121 e. The third-order valence-corrected chi connectivity index (χ3v) is 4.65. The highest BCUT2D eigenvalue weighted by Crippen LogP contribution is 2.36. The molecule has 0 spiro atoms. The zero-order valence-electron chi connectivity index (χ0n) is 12.8. The van der Waals surface area contributed by atoms with Gasteiger partial charge in [0, 0.05) is 0 Å². The number of nitrogens with two attached hydrogens (primary N) is 1. The average Bonchev–Trinajstić information content (AvgIpc) is 2.45. The molecule has 0 aromatic heterocycles. The van der Waals surface area contributed by atoms with Crippen molar-refractivity contribution >= 4 is 0 Å². The van der Waals surface area contributed by atoms with Gasteiger partial charge >= 0.3 is 0 Å². The predicted octanol–water partition coefficient (Wildman–Crippen LogP) is 4.32. The van der Waals surface area contributed by atoms with Crippen LogP contribution >= 0.6 is 0 Å². The van der Waals surface area contributed by atoms with Gasteiger partial charge in [0.15, 0.2) is 0 Å². The Kier molecular flexibility index (Phi) is 3.98. The van der Waals surface area contributed by atoms with Crippen LogP contribution in [0.15, 0.2) is 42.5 Å². The molecule has 2 nitrogen and oxygen atoms in total. The van der Waals surface area contributed by atoms with Crippen molar-refractivity contribution in [1.82, 2.24) is 0 Å². The van der Waals surface area contributed by atoms with Gasteiger partial charge in [-0.05, 0) is 54.0 Å². The summed E-state index contributed by atoms with van der Waals surface area (Å²) in [6.45, 7) is 2.05. The third-order valence-electron chi connectivity index (χ3n) is 4.65. The van der Waals surface area contributed by atoms with Gasteiger partial charge in [-0.15, -0.1) is 0 Å². The molecule has 1 saturated carbocycles. The number of ether oxygens (including phenoxy) is 1. The van der Waals surface area contributed by atoms with Crippen LogP contribution in [0.4, 0.5) is 0 Å². The maximum Gasteiger partial charge on any atom is 0.121 e. The van der Waals surface area contributed by atoms with E-state index in [0.717, 1.165) is 22.8 Å². The van der Waals surface area contributed by atoms with Crippen molar-refractivity contribution < 1.29 is 4.74 Å². The van der Waals surface area contributed by atoms with Gasteiger partial charge < -0.3 is 10.5 Å². The molecular weight excluding hydrogens is 258 g/mol. The van der Waals surface area contributed by atoms with Gasteiger partial charge in [0.25, 0.3) is 0 Å². The lowest BCUT2D eigenvalue weighted by Crippen LogP contribution is -2.13. The Labute approximate surface area is 126 Å². The summed E-state index contributed by atoms with van der Waals surface area (Å²) in [5.74, 6) is 1.68. The minimum atomic E-state index is -0.0787. The van der Waals surface area contributed by atoms with Crippen molar-refractivity contribution in [2.75, 3.05) is 7.11 Å². The molecule has 0 heterocycles. The molecule has 0 saturated heterocycles. The molecule has 2 N–H and O–H groups in total.